The summed E-state index contributed by atoms with van der Waals surface area (Å²) in [6, 6.07) is 9.59. The number of fused-ring (bicyclic) bond motifs is 2. The van der Waals surface area contributed by atoms with Gasteiger partial charge in [-0.15, -0.1) is 0 Å². The number of rotatable bonds is 1. The summed E-state index contributed by atoms with van der Waals surface area (Å²) in [6.45, 7) is 2.75. The lowest BCUT2D eigenvalue weighted by molar-refractivity contribution is 0.0493. The fourth-order valence-corrected chi connectivity index (χ4v) is 4.20. The van der Waals surface area contributed by atoms with E-state index in [2.05, 4.69) is 10.3 Å². The van der Waals surface area contributed by atoms with Crippen LogP contribution >= 0.6 is 0 Å². The Bertz CT molecular complexity index is 814. The monoisotopic (exact) mass is 325 g/mol. The second-order valence-corrected chi connectivity index (χ2v) is 6.91. The Morgan fingerprint density at radius 1 is 1.17 bits per heavy atom. The van der Waals surface area contributed by atoms with Crippen molar-refractivity contribution < 1.29 is 4.79 Å². The van der Waals surface area contributed by atoms with Crippen LogP contribution in [-0.4, -0.2) is 41.5 Å². The van der Waals surface area contributed by atoms with E-state index in [1.165, 1.54) is 0 Å². The maximum atomic E-state index is 13.1. The molecule has 3 heterocycles. The third kappa shape index (κ3) is 2.73. The van der Waals surface area contributed by atoms with Gasteiger partial charge in [0.2, 0.25) is 0 Å². The van der Waals surface area contributed by atoms with Crippen LogP contribution in [0.5, 0.6) is 0 Å². The summed E-state index contributed by atoms with van der Waals surface area (Å²) in [5.74, 6) is 0.392. The normalized spacial score (nSPS) is 24.4. The zero-order valence-electron chi connectivity index (χ0n) is 13.8. The molecular weight excluding hydrogens is 302 g/mol. The van der Waals surface area contributed by atoms with E-state index >= 15 is 0 Å². The molecule has 5 nitrogen and oxygen atoms in total. The molecule has 5 heteroatoms. The van der Waals surface area contributed by atoms with Crippen LogP contribution < -0.4 is 10.9 Å². The minimum Gasteiger partial charge on any atom is -0.335 e. The van der Waals surface area contributed by atoms with Crippen LogP contribution in [0, 0.1) is 5.92 Å². The quantitative estimate of drug-likeness (QED) is 0.844. The van der Waals surface area contributed by atoms with Crippen molar-refractivity contribution in [1.82, 2.24) is 15.2 Å². The number of likely N-dealkylation sites (tertiary alicyclic amines) is 1. The second kappa shape index (κ2) is 6.40. The average Bonchev–Trinajstić information content (AvgIpc) is 2.86. The second-order valence-electron chi connectivity index (χ2n) is 6.91. The van der Waals surface area contributed by atoms with Gasteiger partial charge in [0.25, 0.3) is 11.5 Å². The first kappa shape index (κ1) is 15.4. The Morgan fingerprint density at radius 2 is 2.04 bits per heavy atom. The minimum atomic E-state index is -0.285. The minimum absolute atomic E-state index is 0.112. The molecule has 2 atom stereocenters. The summed E-state index contributed by atoms with van der Waals surface area (Å²) in [5, 5.41) is 4.37. The predicted molar refractivity (Wildman–Crippen MR) is 94.2 cm³/mol. The van der Waals surface area contributed by atoms with E-state index in [0.717, 1.165) is 56.2 Å². The van der Waals surface area contributed by atoms with Gasteiger partial charge in [-0.2, -0.15) is 0 Å². The van der Waals surface area contributed by atoms with Crippen molar-refractivity contribution >= 4 is 16.8 Å². The largest absolute Gasteiger partial charge is 0.335 e. The van der Waals surface area contributed by atoms with Gasteiger partial charge in [-0.05, 0) is 62.2 Å². The number of H-pyrrole nitrogens is 1. The number of amides is 1. The first-order chi connectivity index (χ1) is 11.7. The average molecular weight is 325 g/mol. The number of nitrogens with zero attached hydrogens (tertiary/aromatic N) is 1. The van der Waals surface area contributed by atoms with Gasteiger partial charge in [-0.3, -0.25) is 9.59 Å². The van der Waals surface area contributed by atoms with Gasteiger partial charge in [0.1, 0.15) is 5.56 Å². The Kier molecular flexibility index (Phi) is 4.10. The predicted octanol–water partition coefficient (Wildman–Crippen LogP) is 2.13. The van der Waals surface area contributed by atoms with E-state index in [1.807, 2.05) is 29.2 Å². The van der Waals surface area contributed by atoms with E-state index in [0.29, 0.717) is 5.92 Å². The molecule has 2 aliphatic heterocycles. The van der Waals surface area contributed by atoms with Gasteiger partial charge in [0.15, 0.2) is 0 Å². The van der Waals surface area contributed by atoms with Gasteiger partial charge in [-0.25, -0.2) is 0 Å². The molecule has 2 N–H and O–H groups in total. The van der Waals surface area contributed by atoms with E-state index in [1.54, 1.807) is 6.07 Å². The van der Waals surface area contributed by atoms with Crippen LogP contribution in [0.15, 0.2) is 35.1 Å². The lowest BCUT2D eigenvalue weighted by Crippen LogP contribution is -2.50. The highest BCUT2D eigenvalue weighted by Gasteiger charge is 2.35. The van der Waals surface area contributed by atoms with Gasteiger partial charge >= 0.3 is 0 Å². The van der Waals surface area contributed by atoms with Crippen molar-refractivity contribution in [3.8, 4) is 0 Å². The van der Waals surface area contributed by atoms with E-state index in [9.17, 15) is 9.59 Å². The summed E-state index contributed by atoms with van der Waals surface area (Å²) in [7, 11) is 0. The number of carbonyl (C=O) groups is 1. The molecule has 1 amide bonds. The van der Waals surface area contributed by atoms with Crippen LogP contribution in [-0.2, 0) is 0 Å². The molecule has 0 radical (unpaired) electrons. The highest BCUT2D eigenvalue weighted by Crippen LogP contribution is 2.29. The topological polar surface area (TPSA) is 65.2 Å². The molecule has 0 spiro atoms. The Labute approximate surface area is 141 Å². The fourth-order valence-electron chi connectivity index (χ4n) is 4.20. The van der Waals surface area contributed by atoms with Crippen LogP contribution in [0.1, 0.15) is 36.0 Å². The lowest BCUT2D eigenvalue weighted by Gasteiger charge is -2.40. The molecule has 24 heavy (non-hydrogen) atoms. The van der Waals surface area contributed by atoms with Crippen LogP contribution in [0.3, 0.4) is 0 Å². The highest BCUT2D eigenvalue weighted by molar-refractivity contribution is 5.97. The third-order valence-electron chi connectivity index (χ3n) is 5.42. The molecular formula is C19H23N3O2. The molecule has 2 aromatic rings. The van der Waals surface area contributed by atoms with Crippen molar-refractivity contribution in [2.75, 3.05) is 19.6 Å². The maximum Gasteiger partial charge on any atom is 0.261 e. The third-order valence-corrected chi connectivity index (χ3v) is 5.42. The smallest absolute Gasteiger partial charge is 0.261 e. The molecule has 4 rings (SSSR count). The molecule has 2 unspecified atom stereocenters. The summed E-state index contributed by atoms with van der Waals surface area (Å²) in [5.41, 5.74) is 0.758. The first-order valence-electron chi connectivity index (χ1n) is 8.88. The highest BCUT2D eigenvalue weighted by atomic mass is 16.2. The molecule has 2 aliphatic rings. The summed E-state index contributed by atoms with van der Waals surface area (Å²) in [6.07, 6.45) is 4.28. The number of hydrogen-bond acceptors (Lipinski definition) is 3. The number of pyridine rings is 1. The number of para-hydroxylation sites is 1. The molecule has 1 aromatic heterocycles. The van der Waals surface area contributed by atoms with Crippen molar-refractivity contribution in [3.05, 3.63) is 46.2 Å². The number of aromatic amines is 1. The van der Waals surface area contributed by atoms with Gasteiger partial charge < -0.3 is 15.2 Å². The Morgan fingerprint density at radius 3 is 2.96 bits per heavy atom. The fraction of sp³-hybridized carbons (Fsp3) is 0.474. The number of piperidine rings is 1. The number of carbonyl (C=O) groups excluding carboxylic acids is 1. The Hall–Kier alpha value is -2.14. The van der Waals surface area contributed by atoms with Gasteiger partial charge in [0, 0.05) is 18.1 Å². The maximum absolute atomic E-state index is 13.1. The number of aromatic nitrogens is 1. The van der Waals surface area contributed by atoms with Gasteiger partial charge in [0.05, 0.1) is 0 Å². The van der Waals surface area contributed by atoms with E-state index in [-0.39, 0.29) is 23.1 Å². The SMILES string of the molecule is O=C(c1cc2ccccc2[nH]c1=O)N1CCCC2CNCCCC21. The van der Waals surface area contributed by atoms with E-state index < -0.39 is 0 Å². The Balaban J connectivity index is 1.69. The van der Waals surface area contributed by atoms with Crippen molar-refractivity contribution in [2.24, 2.45) is 5.92 Å². The van der Waals surface area contributed by atoms with Gasteiger partial charge in [-0.1, -0.05) is 18.2 Å². The molecule has 0 saturated carbocycles. The standard InChI is InChI=1S/C19H23N3O2/c23-18-15(11-13-5-1-2-7-16(13)21-18)19(24)22-10-4-6-14-12-20-9-3-8-17(14)22/h1-2,5,7,11,14,17,20H,3-4,6,8-10,12H2,(H,21,23). The van der Waals surface area contributed by atoms with Crippen molar-refractivity contribution in [3.63, 3.8) is 0 Å². The lowest BCUT2D eigenvalue weighted by atomic mass is 9.87. The van der Waals surface area contributed by atoms with Crippen molar-refractivity contribution in [1.29, 1.82) is 0 Å². The zero-order chi connectivity index (χ0) is 16.5. The van der Waals surface area contributed by atoms with Crippen LogP contribution in [0.4, 0.5) is 0 Å². The summed E-state index contributed by atoms with van der Waals surface area (Å²) in [4.78, 5) is 30.4. The zero-order valence-corrected chi connectivity index (χ0v) is 13.8. The molecule has 0 bridgehead atoms. The number of hydrogen-bond donors (Lipinski definition) is 2. The number of benzene rings is 1. The first-order valence-corrected chi connectivity index (χ1v) is 8.88. The summed E-state index contributed by atoms with van der Waals surface area (Å²) >= 11 is 0. The van der Waals surface area contributed by atoms with E-state index in [4.69, 9.17) is 0 Å². The molecule has 1 aromatic carbocycles. The molecule has 2 saturated heterocycles. The molecule has 0 aliphatic carbocycles. The summed E-state index contributed by atoms with van der Waals surface area (Å²) < 4.78 is 0. The van der Waals surface area contributed by atoms with Crippen LogP contribution in [0.25, 0.3) is 10.9 Å². The molecule has 2 fully saturated rings. The van der Waals surface area contributed by atoms with Crippen molar-refractivity contribution in [2.45, 2.75) is 31.7 Å². The van der Waals surface area contributed by atoms with Crippen LogP contribution in [0.2, 0.25) is 0 Å². The molecule has 126 valence electrons. The number of nitrogens with one attached hydrogen (secondary N) is 2.